The van der Waals surface area contributed by atoms with Crippen LogP contribution < -0.4 is 0 Å². The van der Waals surface area contributed by atoms with Crippen LogP contribution in [0.3, 0.4) is 0 Å². The molecule has 2 aromatic carbocycles. The van der Waals surface area contributed by atoms with Crippen molar-refractivity contribution in [1.82, 2.24) is 0 Å². The third-order valence-corrected chi connectivity index (χ3v) is 9.27. The van der Waals surface area contributed by atoms with Crippen LogP contribution in [0.5, 0.6) is 0 Å². The maximum atomic E-state index is 6.12. The molecule has 0 amide bonds. The third kappa shape index (κ3) is 6.71. The molecule has 0 spiro atoms. The Hall–Kier alpha value is -2.35. The first kappa shape index (κ1) is 21.0. The van der Waals surface area contributed by atoms with E-state index in [4.69, 9.17) is 9.26 Å². The van der Waals surface area contributed by atoms with Crippen molar-refractivity contribution in [2.75, 3.05) is 6.61 Å². The number of oxime groups is 1. The summed E-state index contributed by atoms with van der Waals surface area (Å²) in [6.45, 7) is 11.9. The second-order valence-corrected chi connectivity index (χ2v) is 12.7. The minimum Gasteiger partial charge on any atom is -0.406 e. The highest BCUT2D eigenvalue weighted by atomic mass is 28.4. The largest absolute Gasteiger partial charge is 0.406 e. The normalized spacial score (nSPS) is 12.3. The minimum absolute atomic E-state index is 0.170. The number of hydrogen-bond donors (Lipinski definition) is 0. The van der Waals surface area contributed by atoms with Gasteiger partial charge in [0.15, 0.2) is 14.0 Å². The zero-order valence-electron chi connectivity index (χ0n) is 17.0. The van der Waals surface area contributed by atoms with Gasteiger partial charge in [0.2, 0.25) is 0 Å². The topological polar surface area (TPSA) is 30.8 Å². The predicted molar refractivity (Wildman–Crippen MR) is 115 cm³/mol. The first-order valence-electron chi connectivity index (χ1n) is 9.22. The van der Waals surface area contributed by atoms with Crippen molar-refractivity contribution in [2.24, 2.45) is 5.16 Å². The molecule has 0 saturated carbocycles. The summed E-state index contributed by atoms with van der Waals surface area (Å²) in [6, 6.07) is 19.8. The highest BCUT2D eigenvalue weighted by molar-refractivity contribution is 6.74. The Bertz CT molecular complexity index is 797. The standard InChI is InChI=1S/C23H29NO2Si/c1-23(2,3)27(4,5)26-18-12-17-22(21-15-10-7-11-16-21)24-25-19-20-13-8-6-9-14-20/h6-11,13-16H,18-19H2,1-5H3/b24-22+. The molecule has 0 radical (unpaired) electrons. The van der Waals surface area contributed by atoms with E-state index < -0.39 is 8.32 Å². The van der Waals surface area contributed by atoms with E-state index in [0.29, 0.717) is 18.9 Å². The molecule has 0 aromatic heterocycles. The van der Waals surface area contributed by atoms with E-state index in [9.17, 15) is 0 Å². The summed E-state index contributed by atoms with van der Waals surface area (Å²) in [4.78, 5) is 5.54. The highest BCUT2D eigenvalue weighted by Gasteiger charge is 2.36. The SMILES string of the molecule is CC(C)(C)[Si](C)(C)OCC#C/C(=N\OCc1ccccc1)c1ccccc1. The van der Waals surface area contributed by atoms with Gasteiger partial charge in [0.25, 0.3) is 0 Å². The first-order valence-corrected chi connectivity index (χ1v) is 12.1. The Morgan fingerprint density at radius 1 is 0.963 bits per heavy atom. The van der Waals surface area contributed by atoms with Crippen molar-refractivity contribution in [3.63, 3.8) is 0 Å². The van der Waals surface area contributed by atoms with Crippen LogP contribution in [0.4, 0.5) is 0 Å². The van der Waals surface area contributed by atoms with Gasteiger partial charge in [-0.2, -0.15) is 0 Å². The van der Waals surface area contributed by atoms with Crippen molar-refractivity contribution in [2.45, 2.75) is 45.5 Å². The average molecular weight is 380 g/mol. The molecule has 2 aromatic rings. The molecule has 0 aliphatic heterocycles. The van der Waals surface area contributed by atoms with E-state index in [-0.39, 0.29) is 5.04 Å². The zero-order valence-corrected chi connectivity index (χ0v) is 18.0. The van der Waals surface area contributed by atoms with Gasteiger partial charge in [-0.1, -0.05) is 92.5 Å². The minimum atomic E-state index is -1.80. The molecule has 0 heterocycles. The van der Waals surface area contributed by atoms with E-state index in [1.807, 2.05) is 60.7 Å². The van der Waals surface area contributed by atoms with Gasteiger partial charge in [-0.3, -0.25) is 0 Å². The molecule has 0 aliphatic carbocycles. The van der Waals surface area contributed by atoms with Crippen LogP contribution in [0, 0.1) is 11.8 Å². The summed E-state index contributed by atoms with van der Waals surface area (Å²) in [7, 11) is -1.80. The Morgan fingerprint density at radius 3 is 2.15 bits per heavy atom. The predicted octanol–water partition coefficient (Wildman–Crippen LogP) is 5.63. The van der Waals surface area contributed by atoms with Crippen LogP contribution in [0.2, 0.25) is 18.1 Å². The van der Waals surface area contributed by atoms with Crippen molar-refractivity contribution >= 4 is 14.0 Å². The van der Waals surface area contributed by atoms with Crippen LogP contribution >= 0.6 is 0 Å². The van der Waals surface area contributed by atoms with Crippen molar-refractivity contribution in [3.05, 3.63) is 71.8 Å². The number of nitrogens with zero attached hydrogens (tertiary/aromatic N) is 1. The van der Waals surface area contributed by atoms with Gasteiger partial charge in [0, 0.05) is 5.56 Å². The summed E-state index contributed by atoms with van der Waals surface area (Å²) in [5.41, 5.74) is 2.62. The number of benzene rings is 2. The lowest BCUT2D eigenvalue weighted by Crippen LogP contribution is -2.40. The molecule has 0 aliphatic rings. The molecule has 3 nitrogen and oxygen atoms in total. The maximum Gasteiger partial charge on any atom is 0.193 e. The van der Waals surface area contributed by atoms with E-state index in [1.165, 1.54) is 0 Å². The average Bonchev–Trinajstić information content (AvgIpc) is 2.64. The van der Waals surface area contributed by atoms with Crippen LogP contribution in [0.15, 0.2) is 65.8 Å². The summed E-state index contributed by atoms with van der Waals surface area (Å²) < 4.78 is 6.12. The van der Waals surface area contributed by atoms with Gasteiger partial charge in [0.05, 0.1) is 6.61 Å². The molecular weight excluding hydrogens is 350 g/mol. The third-order valence-electron chi connectivity index (χ3n) is 4.80. The quantitative estimate of drug-likeness (QED) is 0.282. The number of rotatable bonds is 6. The van der Waals surface area contributed by atoms with E-state index in [0.717, 1.165) is 11.1 Å². The lowest BCUT2D eigenvalue weighted by Gasteiger charge is -2.35. The molecule has 0 unspecified atom stereocenters. The van der Waals surface area contributed by atoms with Gasteiger partial charge in [0.1, 0.15) is 6.61 Å². The van der Waals surface area contributed by atoms with Crippen LogP contribution in [0.25, 0.3) is 0 Å². The second kappa shape index (κ2) is 9.54. The van der Waals surface area contributed by atoms with E-state index in [1.54, 1.807) is 0 Å². The molecule has 142 valence electrons. The van der Waals surface area contributed by atoms with Crippen LogP contribution in [-0.2, 0) is 15.9 Å². The fourth-order valence-electron chi connectivity index (χ4n) is 2.04. The zero-order chi connectivity index (χ0) is 19.8. The van der Waals surface area contributed by atoms with Crippen molar-refractivity contribution < 1.29 is 9.26 Å². The number of hydrogen-bond acceptors (Lipinski definition) is 3. The van der Waals surface area contributed by atoms with Gasteiger partial charge in [-0.15, -0.1) is 0 Å². The monoisotopic (exact) mass is 379 g/mol. The van der Waals surface area contributed by atoms with Gasteiger partial charge in [-0.25, -0.2) is 0 Å². The molecule has 27 heavy (non-hydrogen) atoms. The lowest BCUT2D eigenvalue weighted by molar-refractivity contribution is 0.131. The maximum absolute atomic E-state index is 6.12. The Kier molecular flexibility index (Phi) is 7.41. The van der Waals surface area contributed by atoms with Gasteiger partial charge < -0.3 is 9.26 Å². The summed E-state index contributed by atoms with van der Waals surface area (Å²) in [5.74, 6) is 6.23. The Morgan fingerprint density at radius 2 is 1.56 bits per heavy atom. The summed E-state index contributed by atoms with van der Waals surface area (Å²) >= 11 is 0. The van der Waals surface area contributed by atoms with Crippen LogP contribution in [-0.4, -0.2) is 20.6 Å². The van der Waals surface area contributed by atoms with Crippen molar-refractivity contribution in [1.29, 1.82) is 0 Å². The molecule has 0 fully saturated rings. The Balaban J connectivity index is 2.07. The summed E-state index contributed by atoms with van der Waals surface area (Å²) in [6.07, 6.45) is 0. The molecule has 4 heteroatoms. The lowest BCUT2D eigenvalue weighted by atomic mass is 10.1. The van der Waals surface area contributed by atoms with Crippen LogP contribution in [0.1, 0.15) is 31.9 Å². The summed E-state index contributed by atoms with van der Waals surface area (Å²) in [5, 5.41) is 4.44. The molecular formula is C23H29NO2Si. The molecule has 0 N–H and O–H groups in total. The smallest absolute Gasteiger partial charge is 0.193 e. The fraction of sp³-hybridized carbons (Fsp3) is 0.348. The molecule has 0 saturated heterocycles. The van der Waals surface area contributed by atoms with Gasteiger partial charge >= 0.3 is 0 Å². The van der Waals surface area contributed by atoms with E-state index >= 15 is 0 Å². The molecule has 0 bridgehead atoms. The fourth-order valence-corrected chi connectivity index (χ4v) is 2.91. The van der Waals surface area contributed by atoms with Crippen molar-refractivity contribution in [3.8, 4) is 11.8 Å². The van der Waals surface area contributed by atoms with E-state index in [2.05, 4.69) is 50.9 Å². The van der Waals surface area contributed by atoms with Gasteiger partial charge in [-0.05, 0) is 29.6 Å². The molecule has 2 rings (SSSR count). The highest BCUT2D eigenvalue weighted by Crippen LogP contribution is 2.36. The Labute approximate surface area is 164 Å². The molecule has 0 atom stereocenters. The second-order valence-electron chi connectivity index (χ2n) is 7.92. The first-order chi connectivity index (χ1) is 12.8.